The Kier molecular flexibility index (Phi) is 8.80. The first-order chi connectivity index (χ1) is 31.2. The van der Waals surface area contributed by atoms with Gasteiger partial charge in [0.2, 0.25) is 0 Å². The molecule has 0 saturated heterocycles. The number of hydrogen-bond acceptors (Lipinski definition) is 2. The van der Waals surface area contributed by atoms with Gasteiger partial charge in [-0.1, -0.05) is 164 Å². The van der Waals surface area contributed by atoms with Gasteiger partial charge in [0.25, 0.3) is 0 Å². The Bertz CT molecular complexity index is 3760. The molecule has 0 bridgehead atoms. The van der Waals surface area contributed by atoms with Crippen LogP contribution < -0.4 is 5.32 Å². The largest absolute Gasteiger partial charge is 0.309 e. The van der Waals surface area contributed by atoms with E-state index in [9.17, 15) is 0 Å². The highest BCUT2D eigenvalue weighted by molar-refractivity contribution is 6.25. The number of aromatic nitrogens is 2. The number of nitrogens with zero attached hydrogens (tertiary/aromatic N) is 4. The van der Waals surface area contributed by atoms with Crippen LogP contribution >= 0.6 is 0 Å². The van der Waals surface area contributed by atoms with Gasteiger partial charge in [-0.15, -0.1) is 0 Å². The summed E-state index contributed by atoms with van der Waals surface area (Å²) < 4.78 is 4.86. The van der Waals surface area contributed by atoms with Crippen LogP contribution in [0.3, 0.4) is 0 Å². The highest BCUT2D eigenvalue weighted by Crippen LogP contribution is 2.42. The molecule has 5 heteroatoms. The molecule has 0 fully saturated rings. The van der Waals surface area contributed by atoms with Crippen LogP contribution in [0.25, 0.3) is 87.3 Å². The van der Waals surface area contributed by atoms with Crippen LogP contribution in [0.15, 0.2) is 222 Å². The van der Waals surface area contributed by atoms with Crippen molar-refractivity contribution in [1.82, 2.24) is 14.5 Å². The van der Waals surface area contributed by atoms with Gasteiger partial charge in [-0.25, -0.2) is 9.98 Å². The summed E-state index contributed by atoms with van der Waals surface area (Å²) in [7, 11) is 0. The van der Waals surface area contributed by atoms with Crippen molar-refractivity contribution >= 4 is 88.5 Å². The molecule has 0 amide bonds. The summed E-state index contributed by atoms with van der Waals surface area (Å²) in [6, 6.07) is 76.2. The molecular formula is C58H41N5. The van der Waals surface area contributed by atoms with Crippen molar-refractivity contribution in [2.75, 3.05) is 0 Å². The van der Waals surface area contributed by atoms with E-state index < -0.39 is 6.17 Å². The molecule has 2 heterocycles. The second-order valence-corrected chi connectivity index (χ2v) is 16.2. The highest BCUT2D eigenvalue weighted by atomic mass is 15.1. The third-order valence-electron chi connectivity index (χ3n) is 12.7. The standard InChI is InChI=1S/C58H41N5/c1-59-57(40-18-4-2-5-19-40)61-58(60-37-42-22-14-20-38-16-8-10-25-45(38)42)49-28-15-21-41-34-44(31-32-46(41)49)63-52-29-13-12-27-48(52)50-35-51-55(36-54(50)63)62(43-23-6-3-7-24-43)53-33-30-39-17-9-11-26-47(39)56(51)53/h2-36,58,60H,1,37H2/b61-57-. The Hall–Kier alpha value is -8.12. The van der Waals surface area contributed by atoms with Gasteiger partial charge in [0.15, 0.2) is 5.84 Å². The topological polar surface area (TPSA) is 46.6 Å². The summed E-state index contributed by atoms with van der Waals surface area (Å²) in [5, 5.41) is 16.0. The molecule has 1 atom stereocenters. The number of amidine groups is 1. The minimum absolute atomic E-state index is 0.406. The van der Waals surface area contributed by atoms with E-state index in [1.54, 1.807) is 0 Å². The number of aliphatic imine (C=N–C) groups is 2. The molecule has 12 aromatic rings. The van der Waals surface area contributed by atoms with E-state index in [2.05, 4.69) is 208 Å². The maximum atomic E-state index is 5.30. The lowest BCUT2D eigenvalue weighted by Crippen LogP contribution is -2.21. The van der Waals surface area contributed by atoms with Crippen LogP contribution in [0.4, 0.5) is 0 Å². The molecule has 0 saturated carbocycles. The fourth-order valence-electron chi connectivity index (χ4n) is 9.85. The normalized spacial score (nSPS) is 12.7. The molecule has 0 spiro atoms. The Balaban J connectivity index is 1.05. The van der Waals surface area contributed by atoms with Crippen LogP contribution in [0.1, 0.15) is 22.9 Å². The lowest BCUT2D eigenvalue weighted by molar-refractivity contribution is 0.559. The van der Waals surface area contributed by atoms with Crippen molar-refractivity contribution in [3.8, 4) is 11.4 Å². The first-order valence-corrected chi connectivity index (χ1v) is 21.5. The number of hydrogen-bond donors (Lipinski definition) is 1. The number of para-hydroxylation sites is 2. The highest BCUT2D eigenvalue weighted by Gasteiger charge is 2.21. The zero-order valence-electron chi connectivity index (χ0n) is 34.5. The van der Waals surface area contributed by atoms with E-state index in [0.29, 0.717) is 12.4 Å². The van der Waals surface area contributed by atoms with Gasteiger partial charge in [-0.05, 0) is 98.7 Å². The molecule has 12 rings (SSSR count). The zero-order valence-corrected chi connectivity index (χ0v) is 34.5. The van der Waals surface area contributed by atoms with E-state index >= 15 is 0 Å². The number of rotatable bonds is 8. The molecule has 2 aromatic heterocycles. The Labute approximate surface area is 364 Å². The summed E-state index contributed by atoms with van der Waals surface area (Å²) in [6.07, 6.45) is -0.406. The van der Waals surface area contributed by atoms with E-state index in [-0.39, 0.29) is 0 Å². The Morgan fingerprint density at radius 2 is 1.10 bits per heavy atom. The van der Waals surface area contributed by atoms with E-state index in [4.69, 9.17) is 4.99 Å². The number of fused-ring (bicyclic) bond motifs is 10. The zero-order chi connectivity index (χ0) is 41.9. The van der Waals surface area contributed by atoms with E-state index in [1.807, 2.05) is 30.3 Å². The third-order valence-corrected chi connectivity index (χ3v) is 12.7. The van der Waals surface area contributed by atoms with E-state index in [1.165, 1.54) is 65.2 Å². The second kappa shape index (κ2) is 15.1. The van der Waals surface area contributed by atoms with Crippen molar-refractivity contribution in [2.24, 2.45) is 9.98 Å². The molecule has 298 valence electrons. The molecule has 0 aliphatic heterocycles. The van der Waals surface area contributed by atoms with E-state index in [0.717, 1.165) is 38.8 Å². The van der Waals surface area contributed by atoms with Gasteiger partial charge in [-0.2, -0.15) is 0 Å². The molecule has 1 unspecified atom stereocenters. The summed E-state index contributed by atoms with van der Waals surface area (Å²) in [4.78, 5) is 9.75. The van der Waals surface area contributed by atoms with Gasteiger partial charge >= 0.3 is 0 Å². The minimum atomic E-state index is -0.406. The summed E-state index contributed by atoms with van der Waals surface area (Å²) in [6.45, 7) is 4.57. The third kappa shape index (κ3) is 6.12. The van der Waals surface area contributed by atoms with Crippen LogP contribution in [0.2, 0.25) is 0 Å². The van der Waals surface area contributed by atoms with Crippen molar-refractivity contribution < 1.29 is 0 Å². The molecule has 1 N–H and O–H groups in total. The molecule has 0 aliphatic rings. The molecular weight excluding hydrogens is 767 g/mol. The maximum absolute atomic E-state index is 5.30. The van der Waals surface area contributed by atoms with Gasteiger partial charge in [0, 0.05) is 45.0 Å². The fourth-order valence-corrected chi connectivity index (χ4v) is 9.85. The number of nitrogens with one attached hydrogen (secondary N) is 1. The molecule has 0 radical (unpaired) electrons. The predicted octanol–water partition coefficient (Wildman–Crippen LogP) is 14.3. The second-order valence-electron chi connectivity index (χ2n) is 16.2. The summed E-state index contributed by atoms with van der Waals surface area (Å²) >= 11 is 0. The van der Waals surface area contributed by atoms with Crippen molar-refractivity contribution in [1.29, 1.82) is 0 Å². The summed E-state index contributed by atoms with van der Waals surface area (Å²) in [5.74, 6) is 0.595. The van der Waals surface area contributed by atoms with Gasteiger partial charge in [-0.3, -0.25) is 5.32 Å². The molecule has 0 aliphatic carbocycles. The number of benzene rings is 10. The van der Waals surface area contributed by atoms with Gasteiger partial charge < -0.3 is 9.13 Å². The first-order valence-electron chi connectivity index (χ1n) is 21.5. The predicted molar refractivity (Wildman–Crippen MR) is 266 cm³/mol. The van der Waals surface area contributed by atoms with Crippen LogP contribution in [0.5, 0.6) is 0 Å². The quantitative estimate of drug-likeness (QED) is 0.121. The average Bonchev–Trinajstić information content (AvgIpc) is 3.85. The Morgan fingerprint density at radius 1 is 0.444 bits per heavy atom. The lowest BCUT2D eigenvalue weighted by atomic mass is 10.0. The monoisotopic (exact) mass is 807 g/mol. The van der Waals surface area contributed by atoms with Crippen molar-refractivity contribution in [3.05, 3.63) is 229 Å². The SMILES string of the molecule is C=N/C(=N\C(NCc1cccc2ccccc12)c1cccc2cc(-n3c4ccccc4c4cc5c6c7ccccc7ccc6n(-c6ccccc6)c5cc43)ccc12)c1ccccc1. The smallest absolute Gasteiger partial charge is 0.155 e. The minimum Gasteiger partial charge on any atom is -0.309 e. The van der Waals surface area contributed by atoms with Crippen molar-refractivity contribution in [2.45, 2.75) is 12.7 Å². The van der Waals surface area contributed by atoms with Crippen LogP contribution in [-0.2, 0) is 6.54 Å². The molecule has 63 heavy (non-hydrogen) atoms. The van der Waals surface area contributed by atoms with Crippen LogP contribution in [0, 0.1) is 0 Å². The summed E-state index contributed by atoms with van der Waals surface area (Å²) in [5.41, 5.74) is 10.1. The molecule has 5 nitrogen and oxygen atoms in total. The molecule has 10 aromatic carbocycles. The van der Waals surface area contributed by atoms with Crippen LogP contribution in [-0.4, -0.2) is 21.7 Å². The Morgan fingerprint density at radius 3 is 1.92 bits per heavy atom. The van der Waals surface area contributed by atoms with Crippen molar-refractivity contribution in [3.63, 3.8) is 0 Å². The maximum Gasteiger partial charge on any atom is 0.155 e. The lowest BCUT2D eigenvalue weighted by Gasteiger charge is -2.20. The first kappa shape index (κ1) is 36.7. The van der Waals surface area contributed by atoms with Gasteiger partial charge in [0.1, 0.15) is 6.17 Å². The van der Waals surface area contributed by atoms with Gasteiger partial charge in [0.05, 0.1) is 22.1 Å². The fraction of sp³-hybridized carbons (Fsp3) is 0.0345. The average molecular weight is 808 g/mol.